The van der Waals surface area contributed by atoms with Crippen molar-refractivity contribution < 1.29 is 9.26 Å². The number of hydroxylamine groups is 2. The monoisotopic (exact) mass is 335 g/mol. The van der Waals surface area contributed by atoms with Crippen molar-refractivity contribution in [2.75, 3.05) is 0 Å². The molecule has 1 fully saturated rings. The normalized spacial score (nSPS) is 26.7. The summed E-state index contributed by atoms with van der Waals surface area (Å²) in [6.07, 6.45) is 2.01. The molecule has 0 aliphatic carbocycles. The molecule has 1 heterocycles. The number of benzene rings is 1. The Hall–Kier alpha value is -0.683. The van der Waals surface area contributed by atoms with Gasteiger partial charge >= 0.3 is 0 Å². The van der Waals surface area contributed by atoms with E-state index in [2.05, 4.69) is 83.1 Å². The molecule has 0 bridgehead atoms. The van der Waals surface area contributed by atoms with Crippen LogP contribution in [0.15, 0.2) is 30.3 Å². The molecule has 130 valence electrons. The third kappa shape index (κ3) is 4.44. The van der Waals surface area contributed by atoms with Crippen LogP contribution in [0.25, 0.3) is 0 Å². The highest BCUT2D eigenvalue weighted by Gasteiger charge is 2.49. The van der Waals surface area contributed by atoms with Crippen molar-refractivity contribution in [2.24, 2.45) is 0 Å². The molecule has 1 saturated heterocycles. The number of hydrogen-bond donors (Lipinski definition) is 0. The van der Waals surface area contributed by atoms with Gasteiger partial charge in [0.25, 0.3) is 0 Å². The molecule has 1 aromatic rings. The summed E-state index contributed by atoms with van der Waals surface area (Å²) >= 11 is 0. The van der Waals surface area contributed by atoms with Gasteiger partial charge in [0.15, 0.2) is 14.1 Å². The van der Waals surface area contributed by atoms with Crippen LogP contribution >= 0.6 is 0 Å². The standard InChI is InChI=1S/C19H33NO2Si/c1-8-17-14-19(5,22-23(6,7)18(2,3)4)21-20(17)15-16-12-10-9-11-13-16/h9-13,17H,8,14-15H2,1-7H3/t17-,19-/m1/s1. The van der Waals surface area contributed by atoms with Crippen LogP contribution in [-0.4, -0.2) is 25.2 Å². The zero-order chi connectivity index (χ0) is 17.3. The summed E-state index contributed by atoms with van der Waals surface area (Å²) < 4.78 is 6.63. The third-order valence-electron chi connectivity index (χ3n) is 5.25. The van der Waals surface area contributed by atoms with Crippen molar-refractivity contribution in [3.63, 3.8) is 0 Å². The molecule has 0 radical (unpaired) electrons. The summed E-state index contributed by atoms with van der Waals surface area (Å²) in [6, 6.07) is 10.9. The molecule has 0 saturated carbocycles. The number of nitrogens with zero attached hydrogens (tertiary/aromatic N) is 1. The second-order valence-electron chi connectivity index (χ2n) is 8.41. The highest BCUT2D eigenvalue weighted by Crippen LogP contribution is 2.43. The lowest BCUT2D eigenvalue weighted by atomic mass is 10.1. The lowest BCUT2D eigenvalue weighted by Gasteiger charge is -2.41. The largest absolute Gasteiger partial charge is 0.389 e. The van der Waals surface area contributed by atoms with Gasteiger partial charge in [0, 0.05) is 19.0 Å². The Morgan fingerprint density at radius 2 is 1.87 bits per heavy atom. The van der Waals surface area contributed by atoms with Gasteiger partial charge in [-0.3, -0.25) is 4.84 Å². The smallest absolute Gasteiger partial charge is 0.195 e. The molecule has 23 heavy (non-hydrogen) atoms. The van der Waals surface area contributed by atoms with Crippen LogP contribution < -0.4 is 0 Å². The Morgan fingerprint density at radius 3 is 2.39 bits per heavy atom. The van der Waals surface area contributed by atoms with Crippen LogP contribution in [-0.2, 0) is 15.8 Å². The highest BCUT2D eigenvalue weighted by atomic mass is 28.4. The summed E-state index contributed by atoms with van der Waals surface area (Å²) in [5.41, 5.74) is 1.28. The zero-order valence-electron chi connectivity index (χ0n) is 15.8. The van der Waals surface area contributed by atoms with Crippen LogP contribution in [0, 0.1) is 0 Å². The van der Waals surface area contributed by atoms with E-state index in [9.17, 15) is 0 Å². The van der Waals surface area contributed by atoms with Gasteiger partial charge in [-0.05, 0) is 37.0 Å². The maximum atomic E-state index is 6.63. The Balaban J connectivity index is 2.11. The van der Waals surface area contributed by atoms with E-state index in [-0.39, 0.29) is 5.04 Å². The predicted molar refractivity (Wildman–Crippen MR) is 98.5 cm³/mol. The van der Waals surface area contributed by atoms with Crippen molar-refractivity contribution in [1.82, 2.24) is 5.06 Å². The van der Waals surface area contributed by atoms with E-state index in [1.165, 1.54) is 5.56 Å². The molecule has 1 aliphatic rings. The van der Waals surface area contributed by atoms with E-state index >= 15 is 0 Å². The van der Waals surface area contributed by atoms with E-state index in [4.69, 9.17) is 9.26 Å². The highest BCUT2D eigenvalue weighted by molar-refractivity contribution is 6.74. The fourth-order valence-electron chi connectivity index (χ4n) is 2.92. The molecule has 1 aromatic carbocycles. The van der Waals surface area contributed by atoms with Gasteiger partial charge < -0.3 is 4.43 Å². The molecular formula is C19H33NO2Si. The van der Waals surface area contributed by atoms with Gasteiger partial charge in [-0.15, -0.1) is 0 Å². The van der Waals surface area contributed by atoms with Gasteiger partial charge in [0.2, 0.25) is 0 Å². The average molecular weight is 336 g/mol. The zero-order valence-corrected chi connectivity index (χ0v) is 16.8. The quantitative estimate of drug-likeness (QED) is 0.678. The predicted octanol–water partition coefficient (Wildman–Crippen LogP) is 5.34. The fourth-order valence-corrected chi connectivity index (χ4v) is 4.42. The van der Waals surface area contributed by atoms with Crippen LogP contribution in [0.5, 0.6) is 0 Å². The van der Waals surface area contributed by atoms with Gasteiger partial charge in [-0.25, -0.2) is 0 Å². The van der Waals surface area contributed by atoms with E-state index in [0.717, 1.165) is 19.4 Å². The second-order valence-corrected chi connectivity index (χ2v) is 13.1. The maximum Gasteiger partial charge on any atom is 0.195 e. The van der Waals surface area contributed by atoms with E-state index in [1.54, 1.807) is 0 Å². The first-order valence-corrected chi connectivity index (χ1v) is 11.7. The lowest BCUT2D eigenvalue weighted by Crippen LogP contribution is -2.48. The Kier molecular flexibility index (Phi) is 5.41. The van der Waals surface area contributed by atoms with Crippen molar-refractivity contribution in [1.29, 1.82) is 0 Å². The van der Waals surface area contributed by atoms with Crippen LogP contribution in [0.1, 0.15) is 53.0 Å². The van der Waals surface area contributed by atoms with E-state index < -0.39 is 14.1 Å². The first-order valence-electron chi connectivity index (χ1n) is 8.76. The van der Waals surface area contributed by atoms with Gasteiger partial charge in [0.1, 0.15) is 0 Å². The summed E-state index contributed by atoms with van der Waals surface area (Å²) in [5, 5.41) is 2.32. The molecule has 0 N–H and O–H groups in total. The fraction of sp³-hybridized carbons (Fsp3) is 0.684. The van der Waals surface area contributed by atoms with Gasteiger partial charge in [-0.2, -0.15) is 5.06 Å². The van der Waals surface area contributed by atoms with Crippen LogP contribution in [0.3, 0.4) is 0 Å². The molecule has 2 atom stereocenters. The van der Waals surface area contributed by atoms with Crippen molar-refractivity contribution in [2.45, 2.75) is 84.0 Å². The van der Waals surface area contributed by atoms with Crippen molar-refractivity contribution in [3.8, 4) is 0 Å². The molecular weight excluding hydrogens is 302 g/mol. The first-order chi connectivity index (χ1) is 10.6. The molecule has 3 nitrogen and oxygen atoms in total. The topological polar surface area (TPSA) is 21.7 Å². The second kappa shape index (κ2) is 6.67. The van der Waals surface area contributed by atoms with Crippen LogP contribution in [0.4, 0.5) is 0 Å². The summed E-state index contributed by atoms with van der Waals surface area (Å²) in [7, 11) is -1.86. The molecule has 0 amide bonds. The van der Waals surface area contributed by atoms with Gasteiger partial charge in [-0.1, -0.05) is 58.0 Å². The minimum Gasteiger partial charge on any atom is -0.389 e. The number of rotatable bonds is 5. The van der Waals surface area contributed by atoms with E-state index in [1.807, 2.05) is 0 Å². The maximum absolute atomic E-state index is 6.63. The molecule has 2 rings (SSSR count). The molecule has 1 aliphatic heterocycles. The molecule has 4 heteroatoms. The summed E-state index contributed by atoms with van der Waals surface area (Å²) in [5.74, 6) is -0.502. The number of hydrogen-bond acceptors (Lipinski definition) is 3. The van der Waals surface area contributed by atoms with Crippen molar-refractivity contribution in [3.05, 3.63) is 35.9 Å². The minimum absolute atomic E-state index is 0.188. The Labute approximate surface area is 143 Å². The Morgan fingerprint density at radius 1 is 1.26 bits per heavy atom. The van der Waals surface area contributed by atoms with Crippen molar-refractivity contribution >= 4 is 8.32 Å². The first kappa shape index (κ1) is 18.7. The Bertz CT molecular complexity index is 512. The van der Waals surface area contributed by atoms with Crippen LogP contribution in [0.2, 0.25) is 18.1 Å². The average Bonchev–Trinajstić information content (AvgIpc) is 2.73. The summed E-state index contributed by atoms with van der Waals surface area (Å²) in [4.78, 5) is 6.33. The van der Waals surface area contributed by atoms with E-state index in [0.29, 0.717) is 6.04 Å². The molecule has 0 aromatic heterocycles. The molecule has 0 unspecified atom stereocenters. The lowest BCUT2D eigenvalue weighted by molar-refractivity contribution is -0.274. The minimum atomic E-state index is -1.86. The van der Waals surface area contributed by atoms with Gasteiger partial charge in [0.05, 0.1) is 0 Å². The molecule has 0 spiro atoms. The SMILES string of the molecule is CC[C@@H]1C[C@@](C)(O[Si](C)(C)C(C)(C)C)ON1Cc1ccccc1. The third-order valence-corrected chi connectivity index (χ3v) is 9.81. The summed E-state index contributed by atoms with van der Waals surface area (Å²) in [6.45, 7) is 16.6.